The second kappa shape index (κ2) is 6.59. The smallest absolute Gasteiger partial charge is 0.315 e. The Morgan fingerprint density at radius 3 is 2.92 bits per heavy atom. The van der Waals surface area contributed by atoms with E-state index in [9.17, 15) is 18.8 Å². The van der Waals surface area contributed by atoms with Crippen LogP contribution >= 0.6 is 0 Å². The zero-order chi connectivity index (χ0) is 17.3. The van der Waals surface area contributed by atoms with E-state index in [1.165, 1.54) is 11.0 Å². The molecule has 2 aliphatic rings. The third kappa shape index (κ3) is 2.98. The van der Waals surface area contributed by atoms with Crippen LogP contribution < -0.4 is 0 Å². The van der Waals surface area contributed by atoms with E-state index >= 15 is 0 Å². The van der Waals surface area contributed by atoms with E-state index in [4.69, 9.17) is 4.74 Å². The van der Waals surface area contributed by atoms with Crippen LogP contribution in [0.4, 0.5) is 4.39 Å². The molecule has 128 valence electrons. The fraction of sp³-hybridized carbons (Fsp3) is 0.471. The molecule has 0 aliphatic carbocycles. The first-order chi connectivity index (χ1) is 11.5. The average Bonchev–Trinajstić information content (AvgIpc) is 2.55. The Morgan fingerprint density at radius 1 is 1.38 bits per heavy atom. The number of carbonyl (C=O) groups excluding carboxylic acids is 3. The fourth-order valence-corrected chi connectivity index (χ4v) is 3.37. The summed E-state index contributed by atoms with van der Waals surface area (Å²) in [5.41, 5.74) is 1.34. The van der Waals surface area contributed by atoms with Gasteiger partial charge in [-0.2, -0.15) is 0 Å². The van der Waals surface area contributed by atoms with Crippen LogP contribution in [0.15, 0.2) is 18.2 Å². The summed E-state index contributed by atoms with van der Waals surface area (Å²) in [6.07, 6.45) is 0.0882. The topological polar surface area (TPSA) is 66.9 Å². The molecule has 3 rings (SSSR count). The summed E-state index contributed by atoms with van der Waals surface area (Å²) in [4.78, 5) is 39.2. The lowest BCUT2D eigenvalue weighted by atomic mass is 9.90. The van der Waals surface area contributed by atoms with Gasteiger partial charge >= 0.3 is 5.97 Å². The maximum Gasteiger partial charge on any atom is 0.315 e. The molecule has 0 radical (unpaired) electrons. The third-order valence-corrected chi connectivity index (χ3v) is 4.49. The Morgan fingerprint density at radius 2 is 2.17 bits per heavy atom. The van der Waals surface area contributed by atoms with Crippen LogP contribution in [0, 0.1) is 5.82 Å². The highest BCUT2D eigenvalue weighted by Gasteiger charge is 2.39. The van der Waals surface area contributed by atoms with Crippen LogP contribution in [0.2, 0.25) is 0 Å². The largest absolute Gasteiger partial charge is 0.466 e. The van der Waals surface area contributed by atoms with Gasteiger partial charge in [-0.15, -0.1) is 0 Å². The lowest BCUT2D eigenvalue weighted by molar-refractivity contribution is -0.155. The van der Waals surface area contributed by atoms with Crippen molar-refractivity contribution in [1.82, 2.24) is 9.80 Å². The number of piperazine rings is 1. The van der Waals surface area contributed by atoms with E-state index < -0.39 is 11.9 Å². The molecule has 0 aromatic heterocycles. The number of hydrogen-bond acceptors (Lipinski definition) is 4. The summed E-state index contributed by atoms with van der Waals surface area (Å²) in [5, 5.41) is 0. The molecule has 24 heavy (non-hydrogen) atoms. The van der Waals surface area contributed by atoms with Gasteiger partial charge in [-0.3, -0.25) is 14.4 Å². The van der Waals surface area contributed by atoms with Gasteiger partial charge in [-0.25, -0.2) is 4.39 Å². The molecule has 0 bridgehead atoms. The number of halogens is 1. The van der Waals surface area contributed by atoms with Crippen LogP contribution in [0.1, 0.15) is 30.5 Å². The van der Waals surface area contributed by atoms with E-state index in [-0.39, 0.29) is 43.9 Å². The molecule has 7 heteroatoms. The molecule has 1 saturated heterocycles. The molecule has 2 heterocycles. The third-order valence-electron chi connectivity index (χ3n) is 4.49. The minimum atomic E-state index is -0.604. The van der Waals surface area contributed by atoms with Crippen molar-refractivity contribution in [1.29, 1.82) is 0 Å². The highest BCUT2D eigenvalue weighted by atomic mass is 19.1. The summed E-state index contributed by atoms with van der Waals surface area (Å²) in [5.74, 6) is -1.51. The highest BCUT2D eigenvalue weighted by Crippen LogP contribution is 2.34. The van der Waals surface area contributed by atoms with Gasteiger partial charge in [0.25, 0.3) is 0 Å². The molecule has 1 fully saturated rings. The first kappa shape index (κ1) is 16.4. The zero-order valence-electron chi connectivity index (χ0n) is 13.5. The van der Waals surface area contributed by atoms with Gasteiger partial charge in [0.1, 0.15) is 12.2 Å². The SMILES string of the molecule is CCOC(=O)CC(=O)N1CC(=O)N2CCc3c(F)cccc3C2C1. The van der Waals surface area contributed by atoms with Crippen LogP contribution in [0.25, 0.3) is 0 Å². The van der Waals surface area contributed by atoms with Crippen molar-refractivity contribution < 1.29 is 23.5 Å². The van der Waals surface area contributed by atoms with Crippen LogP contribution in [0.5, 0.6) is 0 Å². The Hall–Kier alpha value is -2.44. The number of fused-ring (bicyclic) bond motifs is 3. The van der Waals surface area contributed by atoms with E-state index in [2.05, 4.69) is 0 Å². The predicted octanol–water partition coefficient (Wildman–Crippen LogP) is 1.05. The van der Waals surface area contributed by atoms with Crippen LogP contribution in [-0.2, 0) is 25.5 Å². The summed E-state index contributed by atoms with van der Waals surface area (Å²) < 4.78 is 18.8. The molecule has 6 nitrogen and oxygen atoms in total. The second-order valence-electron chi connectivity index (χ2n) is 5.92. The number of amides is 2. The van der Waals surface area contributed by atoms with Gasteiger partial charge < -0.3 is 14.5 Å². The molecular formula is C17H19FN2O4. The molecule has 0 spiro atoms. The lowest BCUT2D eigenvalue weighted by Gasteiger charge is -2.44. The van der Waals surface area contributed by atoms with Gasteiger partial charge in [0.05, 0.1) is 19.2 Å². The van der Waals surface area contributed by atoms with Crippen molar-refractivity contribution >= 4 is 17.8 Å². The Balaban J connectivity index is 1.80. The average molecular weight is 334 g/mol. The number of nitrogens with zero attached hydrogens (tertiary/aromatic N) is 2. The van der Waals surface area contributed by atoms with Crippen molar-refractivity contribution in [3.63, 3.8) is 0 Å². The van der Waals surface area contributed by atoms with Crippen molar-refractivity contribution in [2.75, 3.05) is 26.2 Å². The summed E-state index contributed by atoms with van der Waals surface area (Å²) in [6, 6.07) is 4.45. The highest BCUT2D eigenvalue weighted by molar-refractivity contribution is 5.96. The Labute approximate surface area is 139 Å². The number of hydrogen-bond donors (Lipinski definition) is 0. The Bertz CT molecular complexity index is 691. The minimum absolute atomic E-state index is 0.0562. The van der Waals surface area contributed by atoms with Gasteiger partial charge in [-0.1, -0.05) is 12.1 Å². The number of rotatable bonds is 3. The molecular weight excluding hydrogens is 315 g/mol. The molecule has 0 saturated carbocycles. The summed E-state index contributed by atoms with van der Waals surface area (Å²) >= 11 is 0. The molecule has 1 aromatic rings. The molecule has 1 atom stereocenters. The normalized spacial score (nSPS) is 19.6. The second-order valence-corrected chi connectivity index (χ2v) is 5.92. The molecule has 2 amide bonds. The number of carbonyl (C=O) groups is 3. The number of esters is 1. The Kier molecular flexibility index (Phi) is 4.51. The minimum Gasteiger partial charge on any atom is -0.466 e. The lowest BCUT2D eigenvalue weighted by Crippen LogP contribution is -2.56. The molecule has 1 unspecified atom stereocenters. The van der Waals surface area contributed by atoms with E-state index in [1.807, 2.05) is 0 Å². The van der Waals surface area contributed by atoms with Crippen molar-refractivity contribution in [2.24, 2.45) is 0 Å². The van der Waals surface area contributed by atoms with Gasteiger partial charge in [0, 0.05) is 13.1 Å². The van der Waals surface area contributed by atoms with E-state index in [0.717, 1.165) is 5.56 Å². The predicted molar refractivity (Wildman–Crippen MR) is 82.4 cm³/mol. The first-order valence-corrected chi connectivity index (χ1v) is 8.01. The van der Waals surface area contributed by atoms with Crippen molar-refractivity contribution in [3.05, 3.63) is 35.1 Å². The van der Waals surface area contributed by atoms with Crippen molar-refractivity contribution in [3.8, 4) is 0 Å². The summed E-state index contributed by atoms with van der Waals surface area (Å²) in [7, 11) is 0. The molecule has 2 aliphatic heterocycles. The van der Waals surface area contributed by atoms with Gasteiger partial charge in [0.2, 0.25) is 11.8 Å². The fourth-order valence-electron chi connectivity index (χ4n) is 3.37. The number of benzene rings is 1. The van der Waals surface area contributed by atoms with Gasteiger partial charge in [0.15, 0.2) is 0 Å². The van der Waals surface area contributed by atoms with Crippen LogP contribution in [-0.4, -0.2) is 53.8 Å². The zero-order valence-corrected chi connectivity index (χ0v) is 13.5. The monoisotopic (exact) mass is 334 g/mol. The first-order valence-electron chi connectivity index (χ1n) is 8.01. The standard InChI is InChI=1S/C17H19FN2O4/c1-2-24-17(23)8-15(21)19-9-14-12-4-3-5-13(18)11(12)6-7-20(14)16(22)10-19/h3-5,14H,2,6-10H2,1H3. The maximum atomic E-state index is 14.0. The van der Waals surface area contributed by atoms with E-state index in [0.29, 0.717) is 18.5 Å². The van der Waals surface area contributed by atoms with E-state index in [1.54, 1.807) is 24.0 Å². The van der Waals surface area contributed by atoms with Crippen LogP contribution in [0.3, 0.4) is 0 Å². The quantitative estimate of drug-likeness (QED) is 0.612. The van der Waals surface area contributed by atoms with Gasteiger partial charge in [-0.05, 0) is 30.5 Å². The molecule has 1 aromatic carbocycles. The molecule has 0 N–H and O–H groups in total. The summed E-state index contributed by atoms with van der Waals surface area (Å²) in [6.45, 7) is 2.52. The van der Waals surface area contributed by atoms with Crippen molar-refractivity contribution in [2.45, 2.75) is 25.8 Å². The number of ether oxygens (including phenoxy) is 1. The maximum absolute atomic E-state index is 14.0.